The van der Waals surface area contributed by atoms with Crippen LogP contribution in [0.3, 0.4) is 0 Å². The Bertz CT molecular complexity index is 1430. The van der Waals surface area contributed by atoms with Gasteiger partial charge >= 0.3 is 6.43 Å². The van der Waals surface area contributed by atoms with Gasteiger partial charge in [0.05, 0.1) is 12.3 Å². The maximum absolute atomic E-state index is 13.5. The Hall–Kier alpha value is -3.40. The second kappa shape index (κ2) is 12.6. The van der Waals surface area contributed by atoms with E-state index in [4.69, 9.17) is 16.0 Å². The van der Waals surface area contributed by atoms with Crippen LogP contribution in [0.4, 0.5) is 14.5 Å². The molecular weight excluding hydrogens is 542 g/mol. The van der Waals surface area contributed by atoms with Gasteiger partial charge in [0.25, 0.3) is 5.89 Å². The summed E-state index contributed by atoms with van der Waals surface area (Å²) in [7, 11) is -1.27. The van der Waals surface area contributed by atoms with Crippen LogP contribution in [0.15, 0.2) is 89.4 Å². The predicted octanol–water partition coefficient (Wildman–Crippen LogP) is 6.79. The summed E-state index contributed by atoms with van der Waals surface area (Å²) in [5, 5.41) is 7.81. The van der Waals surface area contributed by atoms with Crippen molar-refractivity contribution in [3.05, 3.63) is 107 Å². The molecule has 39 heavy (non-hydrogen) atoms. The van der Waals surface area contributed by atoms with Crippen molar-refractivity contribution in [2.45, 2.75) is 19.4 Å². The zero-order valence-electron chi connectivity index (χ0n) is 21.1. The average molecular weight is 569 g/mol. The Kier molecular flexibility index (Phi) is 8.81. The van der Waals surface area contributed by atoms with Gasteiger partial charge in [0.1, 0.15) is 11.0 Å². The highest BCUT2D eigenvalue weighted by Gasteiger charge is 2.20. The lowest BCUT2D eigenvalue weighted by molar-refractivity contribution is 0.116. The minimum Gasteiger partial charge on any atom is -0.415 e. The number of hydrogen-bond acceptors (Lipinski definition) is 5. The molecule has 10 heteroatoms. The molecule has 0 saturated heterocycles. The Morgan fingerprint density at radius 1 is 0.974 bits per heavy atom. The van der Waals surface area contributed by atoms with Crippen LogP contribution in [0.5, 0.6) is 0 Å². The molecule has 0 bridgehead atoms. The quantitative estimate of drug-likeness (QED) is 0.211. The predicted molar refractivity (Wildman–Crippen MR) is 151 cm³/mol. The molecule has 3 aromatic carbocycles. The Morgan fingerprint density at radius 2 is 1.69 bits per heavy atom. The van der Waals surface area contributed by atoms with Crippen molar-refractivity contribution < 1.29 is 17.4 Å². The van der Waals surface area contributed by atoms with E-state index in [1.54, 1.807) is 12.1 Å². The van der Waals surface area contributed by atoms with E-state index in [0.717, 1.165) is 35.8 Å². The van der Waals surface area contributed by atoms with E-state index < -0.39 is 23.3 Å². The highest BCUT2D eigenvalue weighted by molar-refractivity contribution is 7.86. The minimum absolute atomic E-state index is 0.0372. The molecule has 5 rings (SSSR count). The highest BCUT2D eigenvalue weighted by atomic mass is 35.5. The summed E-state index contributed by atoms with van der Waals surface area (Å²) in [6.45, 7) is 2.85. The Morgan fingerprint density at radius 3 is 2.33 bits per heavy atom. The molecule has 0 fully saturated rings. The molecule has 1 aliphatic rings. The van der Waals surface area contributed by atoms with Crippen molar-refractivity contribution in [3.8, 4) is 11.5 Å². The molecule has 0 amide bonds. The van der Waals surface area contributed by atoms with Crippen molar-refractivity contribution in [2.24, 2.45) is 0 Å². The highest BCUT2D eigenvalue weighted by Crippen LogP contribution is 2.26. The fourth-order valence-corrected chi connectivity index (χ4v) is 5.80. The molecule has 0 aliphatic carbocycles. The summed E-state index contributed by atoms with van der Waals surface area (Å²) in [5.41, 5.74) is 4.82. The molecule has 0 N–H and O–H groups in total. The van der Waals surface area contributed by atoms with Crippen molar-refractivity contribution in [3.63, 3.8) is 0 Å². The Balaban J connectivity index is 1.22. The minimum atomic E-state index is -2.81. The maximum atomic E-state index is 13.5. The number of hydrogen-bond donors (Lipinski definition) is 0. The lowest BCUT2D eigenvalue weighted by atomic mass is 10.00. The summed E-state index contributed by atoms with van der Waals surface area (Å²) < 4.78 is 46.0. The SMILES string of the molecule is O=S(CCN1CC=C(c2ccc(Cl)cc2)CC1)N(Cc1ccc(-c2nnc(C(F)F)o2)cc1)c1ccccc1. The van der Waals surface area contributed by atoms with Gasteiger partial charge in [0, 0.05) is 35.9 Å². The van der Waals surface area contributed by atoms with Crippen molar-refractivity contribution in [1.29, 1.82) is 0 Å². The molecule has 1 aliphatic heterocycles. The van der Waals surface area contributed by atoms with Gasteiger partial charge in [-0.25, -0.2) is 4.21 Å². The first-order valence-electron chi connectivity index (χ1n) is 12.6. The number of nitrogens with zero attached hydrogens (tertiary/aromatic N) is 4. The largest absolute Gasteiger partial charge is 0.415 e. The van der Waals surface area contributed by atoms with Gasteiger partial charge in [-0.3, -0.25) is 9.21 Å². The summed E-state index contributed by atoms with van der Waals surface area (Å²) >= 11 is 6.02. The smallest absolute Gasteiger partial charge is 0.314 e. The second-order valence-corrected chi connectivity index (χ2v) is 11.1. The first-order chi connectivity index (χ1) is 19.0. The third-order valence-electron chi connectivity index (χ3n) is 6.53. The molecule has 2 heterocycles. The van der Waals surface area contributed by atoms with Gasteiger partial charge in [0.15, 0.2) is 0 Å². The van der Waals surface area contributed by atoms with Crippen LogP contribution < -0.4 is 4.31 Å². The van der Waals surface area contributed by atoms with Crippen molar-refractivity contribution in [1.82, 2.24) is 15.1 Å². The third kappa shape index (κ3) is 6.98. The van der Waals surface area contributed by atoms with Crippen LogP contribution in [0.25, 0.3) is 17.0 Å². The fourth-order valence-electron chi connectivity index (χ4n) is 4.39. The van der Waals surface area contributed by atoms with Gasteiger partial charge in [-0.2, -0.15) is 8.78 Å². The number of aromatic nitrogens is 2. The summed E-state index contributed by atoms with van der Waals surface area (Å²) in [4.78, 5) is 2.31. The third-order valence-corrected chi connectivity index (χ3v) is 8.15. The molecule has 0 saturated carbocycles. The fraction of sp³-hybridized carbons (Fsp3) is 0.241. The maximum Gasteiger partial charge on any atom is 0.314 e. The molecule has 4 aromatic rings. The normalized spacial score (nSPS) is 14.8. The van der Waals surface area contributed by atoms with E-state index in [2.05, 4.69) is 21.2 Å². The number of benzene rings is 3. The summed E-state index contributed by atoms with van der Waals surface area (Å²) in [5.74, 6) is -0.171. The number of alkyl halides is 2. The standard InChI is InChI=1S/C29H27ClF2N4O2S/c30-25-12-10-22(11-13-25)23-14-16-35(17-15-23)18-19-39(37)36(26-4-2-1-3-5-26)20-21-6-8-24(9-7-21)28-33-34-29(38-28)27(31)32/h1-14,27H,15-20H2. The number of halogens is 3. The van der Waals surface area contributed by atoms with E-state index >= 15 is 0 Å². The molecule has 202 valence electrons. The summed E-state index contributed by atoms with van der Waals surface area (Å²) in [6, 6.07) is 24.8. The first-order valence-corrected chi connectivity index (χ1v) is 14.2. The zero-order chi connectivity index (χ0) is 27.2. The second-order valence-electron chi connectivity index (χ2n) is 9.13. The van der Waals surface area contributed by atoms with Crippen LogP contribution >= 0.6 is 11.6 Å². The monoisotopic (exact) mass is 568 g/mol. The van der Waals surface area contributed by atoms with Gasteiger partial charge in [0.2, 0.25) is 5.89 Å². The topological polar surface area (TPSA) is 62.5 Å². The van der Waals surface area contributed by atoms with Crippen LogP contribution in [-0.2, 0) is 17.5 Å². The van der Waals surface area contributed by atoms with E-state index in [-0.39, 0.29) is 5.89 Å². The molecule has 0 spiro atoms. The van der Waals surface area contributed by atoms with Gasteiger partial charge in [-0.05, 0) is 59.5 Å². The first kappa shape index (κ1) is 27.2. The van der Waals surface area contributed by atoms with Crippen LogP contribution in [0.1, 0.15) is 29.9 Å². The molecule has 0 radical (unpaired) electrons. The number of para-hydroxylation sites is 1. The van der Waals surface area contributed by atoms with Crippen LogP contribution in [0.2, 0.25) is 5.02 Å². The van der Waals surface area contributed by atoms with Gasteiger partial charge in [-0.15, -0.1) is 10.2 Å². The molecule has 1 atom stereocenters. The molecule has 1 aromatic heterocycles. The number of rotatable bonds is 10. The van der Waals surface area contributed by atoms with Crippen LogP contribution in [0, 0.1) is 0 Å². The molecular formula is C29H27ClF2N4O2S. The lowest BCUT2D eigenvalue weighted by Crippen LogP contribution is -2.35. The lowest BCUT2D eigenvalue weighted by Gasteiger charge is -2.28. The van der Waals surface area contributed by atoms with Gasteiger partial charge < -0.3 is 4.42 Å². The van der Waals surface area contributed by atoms with E-state index in [0.29, 0.717) is 24.4 Å². The summed E-state index contributed by atoms with van der Waals surface area (Å²) in [6.07, 6.45) is 0.355. The van der Waals surface area contributed by atoms with Crippen molar-refractivity contribution in [2.75, 3.05) is 29.7 Å². The van der Waals surface area contributed by atoms with Crippen molar-refractivity contribution >= 4 is 33.8 Å². The van der Waals surface area contributed by atoms with Gasteiger partial charge in [-0.1, -0.05) is 60.1 Å². The molecule has 6 nitrogen and oxygen atoms in total. The Labute approximate surface area is 233 Å². The van der Waals surface area contributed by atoms with Crippen LogP contribution in [-0.4, -0.2) is 44.7 Å². The zero-order valence-corrected chi connectivity index (χ0v) is 22.6. The molecule has 1 unspecified atom stereocenters. The van der Waals surface area contributed by atoms with E-state index in [9.17, 15) is 13.0 Å². The van der Waals surface area contributed by atoms with E-state index in [1.807, 2.05) is 71.0 Å². The van der Waals surface area contributed by atoms with E-state index in [1.165, 1.54) is 11.1 Å². The number of anilines is 1. The average Bonchev–Trinajstić information content (AvgIpc) is 3.47.